The number of para-hydroxylation sites is 1. The predicted molar refractivity (Wildman–Crippen MR) is 79.4 cm³/mol. The SMILES string of the molecule is O=C1O[C@@H](C(=O)Nc2ccccc2F)Cc2ccc(Cl)cc21. The van der Waals surface area contributed by atoms with Crippen LogP contribution in [-0.4, -0.2) is 18.0 Å². The van der Waals surface area contributed by atoms with E-state index in [1.807, 2.05) is 0 Å². The van der Waals surface area contributed by atoms with Crippen LogP contribution in [0.1, 0.15) is 15.9 Å². The third-order valence-electron chi connectivity index (χ3n) is 3.37. The fourth-order valence-corrected chi connectivity index (χ4v) is 2.44. The molecular weight excluding hydrogens is 309 g/mol. The fourth-order valence-electron chi connectivity index (χ4n) is 2.27. The largest absolute Gasteiger partial charge is 0.448 e. The quantitative estimate of drug-likeness (QED) is 0.865. The first-order valence-corrected chi connectivity index (χ1v) is 6.97. The van der Waals surface area contributed by atoms with Crippen LogP contribution >= 0.6 is 11.6 Å². The number of cyclic esters (lactones) is 1. The van der Waals surface area contributed by atoms with E-state index in [4.69, 9.17) is 16.3 Å². The Kier molecular flexibility index (Phi) is 3.81. The Morgan fingerprint density at radius 1 is 1.27 bits per heavy atom. The molecule has 1 aliphatic heterocycles. The summed E-state index contributed by atoms with van der Waals surface area (Å²) < 4.78 is 18.6. The van der Waals surface area contributed by atoms with Gasteiger partial charge in [-0.3, -0.25) is 4.79 Å². The van der Waals surface area contributed by atoms with E-state index in [1.54, 1.807) is 18.2 Å². The lowest BCUT2D eigenvalue weighted by Crippen LogP contribution is -2.38. The fraction of sp³-hybridized carbons (Fsp3) is 0.125. The standard InChI is InChI=1S/C16H11ClFNO3/c17-10-6-5-9-7-14(22-16(21)11(9)8-10)15(20)19-13-4-2-1-3-12(13)18/h1-6,8,14H,7H2,(H,19,20)/t14-/m1/s1. The van der Waals surface area contributed by atoms with Gasteiger partial charge >= 0.3 is 5.97 Å². The highest BCUT2D eigenvalue weighted by molar-refractivity contribution is 6.31. The van der Waals surface area contributed by atoms with E-state index >= 15 is 0 Å². The maximum atomic E-state index is 13.5. The van der Waals surface area contributed by atoms with Gasteiger partial charge in [0.1, 0.15) is 5.82 Å². The second kappa shape index (κ2) is 5.77. The van der Waals surface area contributed by atoms with Crippen LogP contribution < -0.4 is 5.32 Å². The van der Waals surface area contributed by atoms with Gasteiger partial charge in [0.05, 0.1) is 11.3 Å². The third kappa shape index (κ3) is 2.80. The molecule has 2 aromatic rings. The number of carbonyl (C=O) groups is 2. The first kappa shape index (κ1) is 14.5. The lowest BCUT2D eigenvalue weighted by molar-refractivity contribution is -0.125. The Hall–Kier alpha value is -2.40. The molecule has 1 aliphatic rings. The summed E-state index contributed by atoms with van der Waals surface area (Å²) in [6, 6.07) is 10.6. The number of carbonyl (C=O) groups excluding carboxylic acids is 2. The molecule has 0 fully saturated rings. The highest BCUT2D eigenvalue weighted by Gasteiger charge is 2.31. The topological polar surface area (TPSA) is 55.4 Å². The van der Waals surface area contributed by atoms with E-state index in [2.05, 4.69) is 5.32 Å². The molecule has 3 rings (SSSR count). The Morgan fingerprint density at radius 2 is 2.05 bits per heavy atom. The number of benzene rings is 2. The minimum Gasteiger partial charge on any atom is -0.448 e. The number of rotatable bonds is 2. The van der Waals surface area contributed by atoms with Gasteiger partial charge in [-0.25, -0.2) is 9.18 Å². The second-order valence-electron chi connectivity index (χ2n) is 4.87. The van der Waals surface area contributed by atoms with Crippen LogP contribution in [0.2, 0.25) is 5.02 Å². The van der Waals surface area contributed by atoms with Crippen molar-refractivity contribution >= 4 is 29.2 Å². The maximum Gasteiger partial charge on any atom is 0.339 e. The molecule has 1 amide bonds. The van der Waals surface area contributed by atoms with E-state index in [0.29, 0.717) is 16.1 Å². The Bertz CT molecular complexity index is 763. The molecule has 1 heterocycles. The van der Waals surface area contributed by atoms with Gasteiger partial charge in [-0.1, -0.05) is 29.8 Å². The number of hydrogen-bond donors (Lipinski definition) is 1. The molecule has 0 bridgehead atoms. The van der Waals surface area contributed by atoms with Crippen molar-refractivity contribution in [2.75, 3.05) is 5.32 Å². The number of hydrogen-bond acceptors (Lipinski definition) is 3. The van der Waals surface area contributed by atoms with E-state index in [-0.39, 0.29) is 12.1 Å². The van der Waals surface area contributed by atoms with E-state index in [1.165, 1.54) is 24.3 Å². The van der Waals surface area contributed by atoms with Crippen molar-refractivity contribution in [3.8, 4) is 0 Å². The number of ether oxygens (including phenoxy) is 1. The molecule has 4 nitrogen and oxygen atoms in total. The van der Waals surface area contributed by atoms with Crippen molar-refractivity contribution in [1.29, 1.82) is 0 Å². The Labute approximate surface area is 130 Å². The third-order valence-corrected chi connectivity index (χ3v) is 3.61. The summed E-state index contributed by atoms with van der Waals surface area (Å²) in [4.78, 5) is 24.1. The molecule has 22 heavy (non-hydrogen) atoms. The van der Waals surface area contributed by atoms with E-state index in [0.717, 1.165) is 0 Å². The molecule has 0 radical (unpaired) electrons. The summed E-state index contributed by atoms with van der Waals surface area (Å²) in [5, 5.41) is 2.85. The van der Waals surface area contributed by atoms with Crippen molar-refractivity contribution in [2.24, 2.45) is 0 Å². The Balaban J connectivity index is 1.79. The van der Waals surface area contributed by atoms with Gasteiger partial charge in [0.15, 0.2) is 6.10 Å². The summed E-state index contributed by atoms with van der Waals surface area (Å²) in [5.74, 6) is -1.73. The van der Waals surface area contributed by atoms with Crippen LogP contribution in [0.25, 0.3) is 0 Å². The first-order valence-electron chi connectivity index (χ1n) is 6.59. The molecule has 0 unspecified atom stereocenters. The van der Waals surface area contributed by atoms with Crippen LogP contribution in [0.3, 0.4) is 0 Å². The van der Waals surface area contributed by atoms with Crippen molar-refractivity contribution in [3.63, 3.8) is 0 Å². The van der Waals surface area contributed by atoms with E-state index < -0.39 is 23.8 Å². The number of halogens is 2. The zero-order valence-electron chi connectivity index (χ0n) is 11.3. The number of fused-ring (bicyclic) bond motifs is 1. The number of amides is 1. The van der Waals surface area contributed by atoms with Crippen LogP contribution in [0, 0.1) is 5.82 Å². The van der Waals surface area contributed by atoms with Gasteiger partial charge in [0, 0.05) is 11.4 Å². The van der Waals surface area contributed by atoms with Crippen LogP contribution in [0.15, 0.2) is 42.5 Å². The van der Waals surface area contributed by atoms with Gasteiger partial charge in [0.25, 0.3) is 5.91 Å². The molecular formula is C16H11ClFNO3. The van der Waals surface area contributed by atoms with Crippen LogP contribution in [0.4, 0.5) is 10.1 Å². The van der Waals surface area contributed by atoms with Crippen molar-refractivity contribution in [2.45, 2.75) is 12.5 Å². The highest BCUT2D eigenvalue weighted by atomic mass is 35.5. The number of esters is 1. The summed E-state index contributed by atoms with van der Waals surface area (Å²) >= 11 is 5.84. The number of nitrogens with one attached hydrogen (secondary N) is 1. The first-order chi connectivity index (χ1) is 10.5. The zero-order valence-corrected chi connectivity index (χ0v) is 12.1. The van der Waals surface area contributed by atoms with E-state index in [9.17, 15) is 14.0 Å². The highest BCUT2D eigenvalue weighted by Crippen LogP contribution is 2.25. The molecule has 112 valence electrons. The second-order valence-corrected chi connectivity index (χ2v) is 5.31. The normalized spacial score (nSPS) is 16.6. The molecule has 0 saturated carbocycles. The van der Waals surface area contributed by atoms with Crippen molar-refractivity contribution in [3.05, 3.63) is 64.4 Å². The zero-order chi connectivity index (χ0) is 15.7. The monoisotopic (exact) mass is 319 g/mol. The van der Waals surface area contributed by atoms with Gasteiger partial charge in [-0.2, -0.15) is 0 Å². The minimum absolute atomic E-state index is 0.0467. The minimum atomic E-state index is -0.999. The molecule has 0 saturated heterocycles. The molecule has 0 aliphatic carbocycles. The van der Waals surface area contributed by atoms with Crippen molar-refractivity contribution in [1.82, 2.24) is 0 Å². The van der Waals surface area contributed by atoms with Crippen LogP contribution in [0.5, 0.6) is 0 Å². The van der Waals surface area contributed by atoms with Gasteiger partial charge < -0.3 is 10.1 Å². The summed E-state index contributed by atoms with van der Waals surface area (Å²) in [5.41, 5.74) is 1.07. The Morgan fingerprint density at radius 3 is 2.82 bits per heavy atom. The maximum absolute atomic E-state index is 13.5. The van der Waals surface area contributed by atoms with Gasteiger partial charge in [0.2, 0.25) is 0 Å². The molecule has 0 spiro atoms. The average Bonchev–Trinajstić information content (AvgIpc) is 2.50. The van der Waals surface area contributed by atoms with Crippen molar-refractivity contribution < 1.29 is 18.7 Å². The average molecular weight is 320 g/mol. The predicted octanol–water partition coefficient (Wildman–Crippen LogP) is 3.20. The summed E-state index contributed by atoms with van der Waals surface area (Å²) in [6.07, 6.45) is -0.779. The van der Waals surface area contributed by atoms with Crippen LogP contribution in [-0.2, 0) is 16.0 Å². The molecule has 1 N–H and O–H groups in total. The molecule has 0 aromatic heterocycles. The lowest BCUT2D eigenvalue weighted by atomic mass is 9.98. The summed E-state index contributed by atoms with van der Waals surface area (Å²) in [7, 11) is 0. The summed E-state index contributed by atoms with van der Waals surface area (Å²) in [6.45, 7) is 0. The van der Waals surface area contributed by atoms with Gasteiger partial charge in [-0.15, -0.1) is 0 Å². The lowest BCUT2D eigenvalue weighted by Gasteiger charge is -2.24. The smallest absolute Gasteiger partial charge is 0.339 e. The molecule has 1 atom stereocenters. The van der Waals surface area contributed by atoms with Gasteiger partial charge in [-0.05, 0) is 29.8 Å². The number of anilines is 1. The molecule has 6 heteroatoms. The molecule has 2 aromatic carbocycles.